The summed E-state index contributed by atoms with van der Waals surface area (Å²) in [7, 11) is -3.98. The normalized spacial score (nSPS) is 20.0. The molecule has 1 aliphatic heterocycles. The van der Waals surface area contributed by atoms with Crippen molar-refractivity contribution in [2.24, 2.45) is 5.92 Å². The number of hydrogen-bond donors (Lipinski definition) is 0. The fourth-order valence-electron chi connectivity index (χ4n) is 3.19. The number of nitro benzene ring substituents is 1. The summed E-state index contributed by atoms with van der Waals surface area (Å²) in [6, 6.07) is 12.8. The number of carbonyl (C=O) groups excluding carboxylic acids is 1. The lowest BCUT2D eigenvalue weighted by molar-refractivity contribution is -0.384. The second kappa shape index (κ2) is 8.07. The van der Waals surface area contributed by atoms with Gasteiger partial charge in [-0.3, -0.25) is 14.9 Å². The SMILES string of the molecule is C[C@@H]1C[C@@H](C(=O)OCc2ccccc2)N(S(=O)(=O)c2ccc([N+](=O)[O-])cc2)C1. The third-order valence-corrected chi connectivity index (χ3v) is 6.50. The Hall–Kier alpha value is -2.78. The lowest BCUT2D eigenvalue weighted by Crippen LogP contribution is -2.41. The summed E-state index contributed by atoms with van der Waals surface area (Å²) in [5.74, 6) is -0.610. The minimum Gasteiger partial charge on any atom is -0.460 e. The number of carbonyl (C=O) groups is 1. The van der Waals surface area contributed by atoms with Gasteiger partial charge < -0.3 is 4.74 Å². The molecule has 2 aromatic carbocycles. The summed E-state index contributed by atoms with van der Waals surface area (Å²) in [6.07, 6.45) is 0.361. The second-order valence-corrected chi connectivity index (χ2v) is 8.67. The highest BCUT2D eigenvalue weighted by Crippen LogP contribution is 2.31. The van der Waals surface area contributed by atoms with E-state index in [4.69, 9.17) is 4.74 Å². The summed E-state index contributed by atoms with van der Waals surface area (Å²) in [6.45, 7) is 2.11. The van der Waals surface area contributed by atoms with Crippen molar-refractivity contribution in [1.82, 2.24) is 4.31 Å². The maximum absolute atomic E-state index is 13.0. The fourth-order valence-corrected chi connectivity index (χ4v) is 4.90. The van der Waals surface area contributed by atoms with Crippen molar-refractivity contribution >= 4 is 21.7 Å². The van der Waals surface area contributed by atoms with E-state index in [0.29, 0.717) is 6.42 Å². The number of esters is 1. The molecule has 148 valence electrons. The van der Waals surface area contributed by atoms with Crippen LogP contribution >= 0.6 is 0 Å². The number of ether oxygens (including phenoxy) is 1. The number of benzene rings is 2. The molecule has 8 nitrogen and oxygen atoms in total. The van der Waals surface area contributed by atoms with Gasteiger partial charge in [0.15, 0.2) is 0 Å². The predicted octanol–water partition coefficient (Wildman–Crippen LogP) is 2.74. The molecule has 0 unspecified atom stereocenters. The van der Waals surface area contributed by atoms with Crippen molar-refractivity contribution in [1.29, 1.82) is 0 Å². The zero-order valence-corrected chi connectivity index (χ0v) is 16.0. The van der Waals surface area contributed by atoms with Crippen molar-refractivity contribution < 1.29 is 22.9 Å². The molecule has 0 N–H and O–H groups in total. The molecule has 1 heterocycles. The van der Waals surface area contributed by atoms with E-state index in [1.165, 1.54) is 12.1 Å². The van der Waals surface area contributed by atoms with Crippen LogP contribution < -0.4 is 0 Å². The van der Waals surface area contributed by atoms with E-state index in [1.807, 2.05) is 37.3 Å². The van der Waals surface area contributed by atoms with Gasteiger partial charge >= 0.3 is 5.97 Å². The van der Waals surface area contributed by atoms with Gasteiger partial charge in [0.05, 0.1) is 9.82 Å². The van der Waals surface area contributed by atoms with Gasteiger partial charge in [-0.15, -0.1) is 0 Å². The number of non-ortho nitro benzene ring substituents is 1. The molecule has 1 aliphatic rings. The Morgan fingerprint density at radius 2 is 1.82 bits per heavy atom. The summed E-state index contributed by atoms with van der Waals surface area (Å²) >= 11 is 0. The Balaban J connectivity index is 1.78. The first-order valence-corrected chi connectivity index (χ1v) is 10.2. The monoisotopic (exact) mass is 404 g/mol. The largest absolute Gasteiger partial charge is 0.460 e. The van der Waals surface area contributed by atoms with Gasteiger partial charge in [0, 0.05) is 18.7 Å². The summed E-state index contributed by atoms with van der Waals surface area (Å²) in [4.78, 5) is 22.7. The summed E-state index contributed by atoms with van der Waals surface area (Å²) in [5, 5.41) is 10.8. The Morgan fingerprint density at radius 1 is 1.18 bits per heavy atom. The van der Waals surface area contributed by atoms with Crippen molar-refractivity contribution in [2.75, 3.05) is 6.54 Å². The van der Waals surface area contributed by atoms with Crippen LogP contribution in [0.5, 0.6) is 0 Å². The molecule has 1 saturated heterocycles. The molecular formula is C19H20N2O6S. The Morgan fingerprint density at radius 3 is 2.43 bits per heavy atom. The van der Waals surface area contributed by atoms with Crippen LogP contribution in [0.4, 0.5) is 5.69 Å². The molecule has 9 heteroatoms. The van der Waals surface area contributed by atoms with E-state index in [-0.39, 0.29) is 29.7 Å². The van der Waals surface area contributed by atoms with Gasteiger partial charge in [0.1, 0.15) is 12.6 Å². The van der Waals surface area contributed by atoms with Crippen LogP contribution in [0.2, 0.25) is 0 Å². The number of nitro groups is 1. The Kier molecular flexibility index (Phi) is 5.76. The van der Waals surface area contributed by atoms with Crippen molar-refractivity contribution in [3.05, 3.63) is 70.3 Å². The minimum atomic E-state index is -3.98. The standard InChI is InChI=1S/C19H20N2O6S/c1-14-11-18(19(22)27-13-15-5-3-2-4-6-15)20(12-14)28(25,26)17-9-7-16(8-10-17)21(23)24/h2-10,14,18H,11-13H2,1H3/t14-,18+/m1/s1. The molecule has 0 aromatic heterocycles. The van der Waals surface area contributed by atoms with Crippen LogP contribution in [-0.4, -0.2) is 36.2 Å². The van der Waals surface area contributed by atoms with E-state index in [1.54, 1.807) is 0 Å². The molecule has 0 aliphatic carbocycles. The van der Waals surface area contributed by atoms with Gasteiger partial charge in [-0.25, -0.2) is 8.42 Å². The van der Waals surface area contributed by atoms with Gasteiger partial charge in [0.2, 0.25) is 10.0 Å². The first-order chi connectivity index (χ1) is 13.3. The van der Waals surface area contributed by atoms with Crippen LogP contribution in [0, 0.1) is 16.0 Å². The van der Waals surface area contributed by atoms with E-state index < -0.39 is 27.0 Å². The maximum Gasteiger partial charge on any atom is 0.324 e. The first kappa shape index (κ1) is 20.0. The van der Waals surface area contributed by atoms with Crippen LogP contribution in [0.1, 0.15) is 18.9 Å². The third-order valence-electron chi connectivity index (χ3n) is 4.61. The highest BCUT2D eigenvalue weighted by molar-refractivity contribution is 7.89. The van der Waals surface area contributed by atoms with Crippen molar-refractivity contribution in [3.8, 4) is 0 Å². The molecule has 0 bridgehead atoms. The molecule has 0 saturated carbocycles. The number of rotatable bonds is 6. The smallest absolute Gasteiger partial charge is 0.324 e. The maximum atomic E-state index is 13.0. The fraction of sp³-hybridized carbons (Fsp3) is 0.316. The van der Waals surface area contributed by atoms with Gasteiger partial charge in [-0.2, -0.15) is 4.31 Å². The molecule has 28 heavy (non-hydrogen) atoms. The van der Waals surface area contributed by atoms with Crippen LogP contribution in [0.3, 0.4) is 0 Å². The molecular weight excluding hydrogens is 384 g/mol. The van der Waals surface area contributed by atoms with E-state index >= 15 is 0 Å². The summed E-state index contributed by atoms with van der Waals surface area (Å²) in [5.41, 5.74) is 0.610. The van der Waals surface area contributed by atoms with E-state index in [9.17, 15) is 23.3 Å². The van der Waals surface area contributed by atoms with E-state index in [0.717, 1.165) is 22.0 Å². The first-order valence-electron chi connectivity index (χ1n) is 8.76. The quantitative estimate of drug-likeness (QED) is 0.416. The second-order valence-electron chi connectivity index (χ2n) is 6.78. The zero-order valence-electron chi connectivity index (χ0n) is 15.2. The highest BCUT2D eigenvalue weighted by Gasteiger charge is 2.43. The molecule has 3 rings (SSSR count). The molecule has 0 amide bonds. The number of hydrogen-bond acceptors (Lipinski definition) is 6. The van der Waals surface area contributed by atoms with Gasteiger partial charge in [0.25, 0.3) is 5.69 Å². The lowest BCUT2D eigenvalue weighted by Gasteiger charge is -2.22. The molecule has 0 spiro atoms. The molecule has 2 atom stereocenters. The number of sulfonamides is 1. The topological polar surface area (TPSA) is 107 Å². The Bertz CT molecular complexity index is 960. The van der Waals surface area contributed by atoms with Crippen LogP contribution in [0.15, 0.2) is 59.5 Å². The number of nitrogens with zero attached hydrogens (tertiary/aromatic N) is 2. The minimum absolute atomic E-state index is 0.0119. The molecule has 1 fully saturated rings. The highest BCUT2D eigenvalue weighted by atomic mass is 32.2. The molecule has 0 radical (unpaired) electrons. The predicted molar refractivity (Wildman–Crippen MR) is 101 cm³/mol. The Labute approximate surface area is 162 Å². The van der Waals surface area contributed by atoms with Gasteiger partial charge in [-0.1, -0.05) is 37.3 Å². The molecule has 2 aromatic rings. The average molecular weight is 404 g/mol. The van der Waals surface area contributed by atoms with Gasteiger partial charge in [-0.05, 0) is 30.0 Å². The van der Waals surface area contributed by atoms with Crippen molar-refractivity contribution in [2.45, 2.75) is 30.9 Å². The zero-order chi connectivity index (χ0) is 20.3. The average Bonchev–Trinajstić information content (AvgIpc) is 3.09. The van der Waals surface area contributed by atoms with Crippen LogP contribution in [-0.2, 0) is 26.2 Å². The third kappa shape index (κ3) is 4.20. The summed E-state index contributed by atoms with van der Waals surface area (Å²) < 4.78 is 32.5. The van der Waals surface area contributed by atoms with Crippen LogP contribution in [0.25, 0.3) is 0 Å². The lowest BCUT2D eigenvalue weighted by atomic mass is 10.1. The van der Waals surface area contributed by atoms with E-state index in [2.05, 4.69) is 0 Å². The van der Waals surface area contributed by atoms with Crippen molar-refractivity contribution in [3.63, 3.8) is 0 Å².